The Morgan fingerprint density at radius 2 is 2.00 bits per heavy atom. The average Bonchev–Trinajstić information content (AvgIpc) is 2.95. The fourth-order valence-electron chi connectivity index (χ4n) is 3.74. The van der Waals surface area contributed by atoms with E-state index < -0.39 is 5.54 Å². The van der Waals surface area contributed by atoms with Crippen LogP contribution < -0.4 is 5.73 Å². The number of aromatic nitrogens is 2. The SMILES string of the molecule is CC(C)c1c(-c2ccccc2F)nc2n1CCN(C(=O)CN)C2(C)C. The fraction of sp³-hybridized carbons (Fsp3) is 0.474. The van der Waals surface area contributed by atoms with Crippen LogP contribution in [0, 0.1) is 5.82 Å². The Morgan fingerprint density at radius 3 is 2.60 bits per heavy atom. The minimum Gasteiger partial charge on any atom is -0.327 e. The van der Waals surface area contributed by atoms with E-state index in [0.29, 0.717) is 24.3 Å². The number of carbonyl (C=O) groups excluding carboxylic acids is 1. The van der Waals surface area contributed by atoms with Gasteiger partial charge in [-0.1, -0.05) is 26.0 Å². The number of fused-ring (bicyclic) bond motifs is 1. The standard InChI is InChI=1S/C19H25FN4O/c1-12(2)17-16(13-7-5-6-8-14(13)20)22-18-19(3,4)24(15(25)11-21)10-9-23(17)18/h5-8,12H,9-11,21H2,1-4H3. The Kier molecular flexibility index (Phi) is 4.41. The van der Waals surface area contributed by atoms with Crippen molar-refractivity contribution < 1.29 is 9.18 Å². The number of rotatable bonds is 3. The van der Waals surface area contributed by atoms with Crippen LogP contribution in [0.1, 0.15) is 45.1 Å². The zero-order valence-corrected chi connectivity index (χ0v) is 15.2. The summed E-state index contributed by atoms with van der Waals surface area (Å²) in [5.74, 6) is 0.580. The molecule has 0 bridgehead atoms. The predicted octanol–water partition coefficient (Wildman–Crippen LogP) is 2.85. The average molecular weight is 344 g/mol. The number of benzene rings is 1. The van der Waals surface area contributed by atoms with Crippen molar-refractivity contribution in [1.29, 1.82) is 0 Å². The molecule has 1 amide bonds. The summed E-state index contributed by atoms with van der Waals surface area (Å²) in [6.45, 7) is 9.28. The van der Waals surface area contributed by atoms with Gasteiger partial charge in [-0.05, 0) is 31.9 Å². The van der Waals surface area contributed by atoms with Gasteiger partial charge in [0.15, 0.2) is 0 Å². The van der Waals surface area contributed by atoms with Crippen molar-refractivity contribution in [3.63, 3.8) is 0 Å². The van der Waals surface area contributed by atoms with Crippen molar-refractivity contribution in [2.45, 2.75) is 45.7 Å². The summed E-state index contributed by atoms with van der Waals surface area (Å²) in [5.41, 5.74) is 7.15. The third-order valence-electron chi connectivity index (χ3n) is 4.93. The molecule has 0 unspecified atom stereocenters. The molecule has 0 atom stereocenters. The number of nitrogens with zero attached hydrogens (tertiary/aromatic N) is 3. The van der Waals surface area contributed by atoms with Crippen LogP contribution in [0.3, 0.4) is 0 Å². The van der Waals surface area contributed by atoms with Gasteiger partial charge in [-0.3, -0.25) is 4.79 Å². The number of carbonyl (C=O) groups is 1. The van der Waals surface area contributed by atoms with E-state index in [1.54, 1.807) is 17.0 Å². The third-order valence-corrected chi connectivity index (χ3v) is 4.93. The van der Waals surface area contributed by atoms with Crippen LogP contribution in [0.25, 0.3) is 11.3 Å². The van der Waals surface area contributed by atoms with E-state index in [2.05, 4.69) is 18.4 Å². The van der Waals surface area contributed by atoms with Crippen molar-refractivity contribution >= 4 is 5.91 Å². The Bertz CT molecular complexity index is 810. The largest absolute Gasteiger partial charge is 0.327 e. The number of imidazole rings is 1. The molecule has 0 spiro atoms. The maximum atomic E-state index is 14.4. The van der Waals surface area contributed by atoms with Gasteiger partial charge in [-0.15, -0.1) is 0 Å². The van der Waals surface area contributed by atoms with Crippen molar-refractivity contribution in [3.8, 4) is 11.3 Å². The molecule has 25 heavy (non-hydrogen) atoms. The first-order chi connectivity index (χ1) is 11.8. The molecule has 2 aromatic rings. The van der Waals surface area contributed by atoms with Gasteiger partial charge in [0.05, 0.1) is 17.8 Å². The molecule has 5 nitrogen and oxygen atoms in total. The molecule has 0 saturated carbocycles. The maximum Gasteiger partial charge on any atom is 0.237 e. The minimum atomic E-state index is -0.595. The van der Waals surface area contributed by atoms with E-state index in [4.69, 9.17) is 10.7 Å². The molecular formula is C19H25FN4O. The first-order valence-corrected chi connectivity index (χ1v) is 8.65. The number of amides is 1. The van der Waals surface area contributed by atoms with Crippen LogP contribution >= 0.6 is 0 Å². The normalized spacial score (nSPS) is 16.2. The lowest BCUT2D eigenvalue weighted by atomic mass is 9.98. The maximum absolute atomic E-state index is 14.4. The van der Waals surface area contributed by atoms with Gasteiger partial charge in [0.2, 0.25) is 5.91 Å². The van der Waals surface area contributed by atoms with Crippen LogP contribution in [-0.4, -0.2) is 33.4 Å². The van der Waals surface area contributed by atoms with Crippen molar-refractivity contribution in [2.75, 3.05) is 13.1 Å². The molecule has 1 aliphatic rings. The highest BCUT2D eigenvalue weighted by Gasteiger charge is 2.41. The minimum absolute atomic E-state index is 0.0264. The van der Waals surface area contributed by atoms with E-state index >= 15 is 0 Å². The van der Waals surface area contributed by atoms with E-state index in [9.17, 15) is 9.18 Å². The van der Waals surface area contributed by atoms with Crippen LogP contribution in [-0.2, 0) is 16.9 Å². The van der Waals surface area contributed by atoms with Crippen molar-refractivity contribution in [1.82, 2.24) is 14.5 Å². The Morgan fingerprint density at radius 1 is 1.32 bits per heavy atom. The Labute approximate surface area is 147 Å². The van der Waals surface area contributed by atoms with Crippen LogP contribution in [0.4, 0.5) is 4.39 Å². The predicted molar refractivity (Wildman–Crippen MR) is 95.5 cm³/mol. The van der Waals surface area contributed by atoms with Gasteiger partial charge in [-0.25, -0.2) is 9.37 Å². The summed E-state index contributed by atoms with van der Waals surface area (Å²) >= 11 is 0. The van der Waals surface area contributed by atoms with Gasteiger partial charge in [-0.2, -0.15) is 0 Å². The number of halogens is 1. The highest BCUT2D eigenvalue weighted by atomic mass is 19.1. The lowest BCUT2D eigenvalue weighted by Crippen LogP contribution is -2.53. The van der Waals surface area contributed by atoms with Gasteiger partial charge in [0.1, 0.15) is 11.6 Å². The number of hydrogen-bond donors (Lipinski definition) is 1. The van der Waals surface area contributed by atoms with Crippen LogP contribution in [0.2, 0.25) is 0 Å². The lowest BCUT2D eigenvalue weighted by Gasteiger charge is -2.42. The molecule has 6 heteroatoms. The van der Waals surface area contributed by atoms with Crippen molar-refractivity contribution in [3.05, 3.63) is 41.6 Å². The lowest BCUT2D eigenvalue weighted by molar-refractivity contribution is -0.137. The molecule has 0 radical (unpaired) electrons. The quantitative estimate of drug-likeness (QED) is 0.931. The summed E-state index contributed by atoms with van der Waals surface area (Å²) in [6, 6.07) is 6.70. The second kappa shape index (κ2) is 6.26. The molecule has 134 valence electrons. The summed E-state index contributed by atoms with van der Waals surface area (Å²) in [7, 11) is 0. The Hall–Kier alpha value is -2.21. The summed E-state index contributed by atoms with van der Waals surface area (Å²) in [6.07, 6.45) is 0. The van der Waals surface area contributed by atoms with Gasteiger partial charge < -0.3 is 15.2 Å². The summed E-state index contributed by atoms with van der Waals surface area (Å²) in [4.78, 5) is 18.8. The van der Waals surface area contributed by atoms with E-state index in [1.807, 2.05) is 19.9 Å². The first kappa shape index (κ1) is 17.6. The molecule has 0 saturated heterocycles. The molecule has 2 heterocycles. The second-order valence-corrected chi connectivity index (χ2v) is 7.26. The molecule has 1 aliphatic heterocycles. The van der Waals surface area contributed by atoms with E-state index in [0.717, 1.165) is 11.5 Å². The second-order valence-electron chi connectivity index (χ2n) is 7.26. The summed E-state index contributed by atoms with van der Waals surface area (Å²) in [5, 5.41) is 0. The molecule has 0 fully saturated rings. The zero-order chi connectivity index (χ0) is 18.4. The fourth-order valence-corrected chi connectivity index (χ4v) is 3.74. The highest BCUT2D eigenvalue weighted by Crippen LogP contribution is 2.38. The van der Waals surface area contributed by atoms with E-state index in [1.165, 1.54) is 6.07 Å². The number of hydrogen-bond acceptors (Lipinski definition) is 3. The van der Waals surface area contributed by atoms with Gasteiger partial charge in [0, 0.05) is 24.3 Å². The van der Waals surface area contributed by atoms with Gasteiger partial charge >= 0.3 is 0 Å². The van der Waals surface area contributed by atoms with E-state index in [-0.39, 0.29) is 24.2 Å². The van der Waals surface area contributed by atoms with Crippen molar-refractivity contribution in [2.24, 2.45) is 5.73 Å². The molecule has 1 aromatic heterocycles. The monoisotopic (exact) mass is 344 g/mol. The van der Waals surface area contributed by atoms with Crippen LogP contribution in [0.5, 0.6) is 0 Å². The molecule has 2 N–H and O–H groups in total. The molecule has 0 aliphatic carbocycles. The molecule has 3 rings (SSSR count). The molecular weight excluding hydrogens is 319 g/mol. The van der Waals surface area contributed by atoms with Crippen LogP contribution in [0.15, 0.2) is 24.3 Å². The first-order valence-electron chi connectivity index (χ1n) is 8.65. The zero-order valence-electron chi connectivity index (χ0n) is 15.2. The van der Waals surface area contributed by atoms with Gasteiger partial charge in [0.25, 0.3) is 0 Å². The highest BCUT2D eigenvalue weighted by molar-refractivity contribution is 5.79. The Balaban J connectivity index is 2.21. The smallest absolute Gasteiger partial charge is 0.237 e. The summed E-state index contributed by atoms with van der Waals surface area (Å²) < 4.78 is 16.6. The third kappa shape index (κ3) is 2.74. The topological polar surface area (TPSA) is 64.2 Å². The molecule has 1 aromatic carbocycles. The number of nitrogens with two attached hydrogens (primary N) is 1.